The molecule has 1 unspecified atom stereocenters. The average Bonchev–Trinajstić information content (AvgIpc) is 2.32. The van der Waals surface area contributed by atoms with Crippen LogP contribution in [0.4, 0.5) is 5.69 Å². The molecule has 3 N–H and O–H groups in total. The Morgan fingerprint density at radius 3 is 2.88 bits per heavy atom. The SMILES string of the molecule is CCC(C)(CN)C(=O)Nc1cc(Br)cnc1Cl. The van der Waals surface area contributed by atoms with E-state index in [0.29, 0.717) is 12.1 Å². The maximum absolute atomic E-state index is 12.1. The molecule has 1 aromatic rings. The number of carbonyl (C=O) groups excluding carboxylic acids is 1. The lowest BCUT2D eigenvalue weighted by molar-refractivity contribution is -0.124. The van der Waals surface area contributed by atoms with Crippen LogP contribution in [0.3, 0.4) is 0 Å². The third kappa shape index (κ3) is 3.40. The summed E-state index contributed by atoms with van der Waals surface area (Å²) in [6.07, 6.45) is 2.23. The van der Waals surface area contributed by atoms with Crippen molar-refractivity contribution in [1.82, 2.24) is 4.98 Å². The molecule has 0 saturated carbocycles. The second kappa shape index (κ2) is 5.80. The minimum absolute atomic E-state index is 0.149. The number of nitrogens with zero attached hydrogens (tertiary/aromatic N) is 1. The van der Waals surface area contributed by atoms with Gasteiger partial charge in [-0.1, -0.05) is 18.5 Å². The van der Waals surface area contributed by atoms with Gasteiger partial charge in [0.15, 0.2) is 5.15 Å². The van der Waals surface area contributed by atoms with Gasteiger partial charge < -0.3 is 11.1 Å². The maximum atomic E-state index is 12.1. The normalized spacial score (nSPS) is 14.2. The number of amides is 1. The van der Waals surface area contributed by atoms with Gasteiger partial charge in [-0.2, -0.15) is 0 Å². The highest BCUT2D eigenvalue weighted by Gasteiger charge is 2.30. The van der Waals surface area contributed by atoms with Crippen LogP contribution < -0.4 is 11.1 Å². The first kappa shape index (κ1) is 14.4. The van der Waals surface area contributed by atoms with Gasteiger partial charge in [0.25, 0.3) is 0 Å². The summed E-state index contributed by atoms with van der Waals surface area (Å²) in [5, 5.41) is 3.01. The highest BCUT2D eigenvalue weighted by molar-refractivity contribution is 9.10. The second-order valence-corrected chi connectivity index (χ2v) is 5.34. The van der Waals surface area contributed by atoms with Gasteiger partial charge in [0.05, 0.1) is 11.1 Å². The molecule has 0 radical (unpaired) electrons. The van der Waals surface area contributed by atoms with Gasteiger partial charge in [0, 0.05) is 17.2 Å². The Labute approximate surface area is 114 Å². The number of aromatic nitrogens is 1. The van der Waals surface area contributed by atoms with Crippen LogP contribution in [-0.2, 0) is 4.79 Å². The molecule has 0 aromatic carbocycles. The third-order valence-electron chi connectivity index (χ3n) is 2.83. The number of hydrogen-bond donors (Lipinski definition) is 2. The summed E-state index contributed by atoms with van der Waals surface area (Å²) >= 11 is 9.17. The largest absolute Gasteiger partial charge is 0.329 e. The predicted octanol–water partition coefficient (Wildman–Crippen LogP) is 2.81. The molecule has 4 nitrogen and oxygen atoms in total. The number of anilines is 1. The van der Waals surface area contributed by atoms with E-state index in [0.717, 1.165) is 4.47 Å². The van der Waals surface area contributed by atoms with Crippen molar-refractivity contribution in [3.05, 3.63) is 21.9 Å². The molecule has 1 aromatic heterocycles. The Morgan fingerprint density at radius 1 is 1.71 bits per heavy atom. The molecule has 1 rings (SSSR count). The molecule has 0 aliphatic heterocycles. The van der Waals surface area contributed by atoms with Crippen molar-refractivity contribution >= 4 is 39.1 Å². The van der Waals surface area contributed by atoms with E-state index in [1.165, 1.54) is 0 Å². The summed E-state index contributed by atoms with van der Waals surface area (Å²) < 4.78 is 0.753. The van der Waals surface area contributed by atoms with E-state index in [1.54, 1.807) is 12.3 Å². The molecule has 0 bridgehead atoms. The molecule has 6 heteroatoms. The summed E-state index contributed by atoms with van der Waals surface area (Å²) in [4.78, 5) is 16.0. The zero-order chi connectivity index (χ0) is 13.1. The van der Waals surface area contributed by atoms with Gasteiger partial charge in [-0.15, -0.1) is 0 Å². The number of pyridine rings is 1. The Kier molecular flexibility index (Phi) is 4.91. The molecule has 1 atom stereocenters. The first-order chi connectivity index (χ1) is 7.92. The van der Waals surface area contributed by atoms with Crippen LogP contribution >= 0.6 is 27.5 Å². The van der Waals surface area contributed by atoms with Crippen molar-refractivity contribution in [1.29, 1.82) is 0 Å². The lowest BCUT2D eigenvalue weighted by atomic mass is 9.86. The summed E-state index contributed by atoms with van der Waals surface area (Å²) in [5.41, 5.74) is 5.52. The van der Waals surface area contributed by atoms with E-state index in [1.807, 2.05) is 13.8 Å². The van der Waals surface area contributed by atoms with E-state index in [-0.39, 0.29) is 17.6 Å². The lowest BCUT2D eigenvalue weighted by Crippen LogP contribution is -2.39. The van der Waals surface area contributed by atoms with Crippen molar-refractivity contribution in [2.75, 3.05) is 11.9 Å². The molecule has 0 spiro atoms. The Balaban J connectivity index is 2.91. The van der Waals surface area contributed by atoms with Crippen molar-refractivity contribution < 1.29 is 4.79 Å². The summed E-state index contributed by atoms with van der Waals surface area (Å²) in [6, 6.07) is 1.71. The number of nitrogens with two attached hydrogens (primary N) is 1. The summed E-state index contributed by atoms with van der Waals surface area (Å²) in [6.45, 7) is 4.03. The number of rotatable bonds is 4. The zero-order valence-corrected chi connectivity index (χ0v) is 12.1. The van der Waals surface area contributed by atoms with Crippen LogP contribution in [-0.4, -0.2) is 17.4 Å². The average molecular weight is 321 g/mol. The Hall–Kier alpha value is -0.650. The Bertz CT molecular complexity index is 421. The highest BCUT2D eigenvalue weighted by Crippen LogP contribution is 2.26. The first-order valence-electron chi connectivity index (χ1n) is 5.25. The lowest BCUT2D eigenvalue weighted by Gasteiger charge is -2.25. The third-order valence-corrected chi connectivity index (χ3v) is 3.57. The molecular formula is C11H15BrClN3O. The van der Waals surface area contributed by atoms with Gasteiger partial charge >= 0.3 is 0 Å². The maximum Gasteiger partial charge on any atom is 0.231 e. The molecule has 0 aliphatic carbocycles. The van der Waals surface area contributed by atoms with E-state index in [4.69, 9.17) is 17.3 Å². The molecule has 1 amide bonds. The van der Waals surface area contributed by atoms with Crippen LogP contribution in [0, 0.1) is 5.41 Å². The standard InChI is InChI=1S/C11H15BrClN3O/c1-3-11(2,6-14)10(17)16-8-4-7(12)5-15-9(8)13/h4-5H,3,6,14H2,1-2H3,(H,16,17). The van der Waals surface area contributed by atoms with Gasteiger partial charge in [-0.25, -0.2) is 4.98 Å². The van der Waals surface area contributed by atoms with Crippen LogP contribution in [0.1, 0.15) is 20.3 Å². The van der Waals surface area contributed by atoms with E-state index in [9.17, 15) is 4.79 Å². The molecule has 1 heterocycles. The van der Waals surface area contributed by atoms with Crippen molar-refractivity contribution in [2.24, 2.45) is 11.1 Å². The summed E-state index contributed by atoms with van der Waals surface area (Å²) in [7, 11) is 0. The van der Waals surface area contributed by atoms with Crippen LogP contribution in [0.15, 0.2) is 16.7 Å². The molecule has 17 heavy (non-hydrogen) atoms. The van der Waals surface area contributed by atoms with Gasteiger partial charge in [0.1, 0.15) is 0 Å². The molecule has 0 fully saturated rings. The van der Waals surface area contributed by atoms with E-state index in [2.05, 4.69) is 26.2 Å². The fourth-order valence-corrected chi connectivity index (χ4v) is 1.66. The Morgan fingerprint density at radius 2 is 2.35 bits per heavy atom. The molecular weight excluding hydrogens is 305 g/mol. The highest BCUT2D eigenvalue weighted by atomic mass is 79.9. The summed E-state index contributed by atoms with van der Waals surface area (Å²) in [5.74, 6) is -0.149. The number of halogens is 2. The monoisotopic (exact) mass is 319 g/mol. The van der Waals surface area contributed by atoms with Gasteiger partial charge in [-0.05, 0) is 35.3 Å². The van der Waals surface area contributed by atoms with Gasteiger partial charge in [0.2, 0.25) is 5.91 Å². The fraction of sp³-hybridized carbons (Fsp3) is 0.455. The zero-order valence-electron chi connectivity index (χ0n) is 9.76. The van der Waals surface area contributed by atoms with Gasteiger partial charge in [-0.3, -0.25) is 4.79 Å². The topological polar surface area (TPSA) is 68.0 Å². The van der Waals surface area contributed by atoms with Crippen molar-refractivity contribution in [2.45, 2.75) is 20.3 Å². The molecule has 0 aliphatic rings. The van der Waals surface area contributed by atoms with Crippen LogP contribution in [0.2, 0.25) is 5.15 Å². The van der Waals surface area contributed by atoms with E-state index >= 15 is 0 Å². The van der Waals surface area contributed by atoms with E-state index < -0.39 is 5.41 Å². The first-order valence-corrected chi connectivity index (χ1v) is 6.42. The minimum atomic E-state index is -0.592. The van der Waals surface area contributed by atoms with Crippen LogP contribution in [0.5, 0.6) is 0 Å². The minimum Gasteiger partial charge on any atom is -0.329 e. The smallest absolute Gasteiger partial charge is 0.231 e. The quantitative estimate of drug-likeness (QED) is 0.838. The number of carbonyl (C=O) groups is 1. The number of nitrogens with one attached hydrogen (secondary N) is 1. The number of hydrogen-bond acceptors (Lipinski definition) is 3. The second-order valence-electron chi connectivity index (χ2n) is 4.06. The van der Waals surface area contributed by atoms with Crippen LogP contribution in [0.25, 0.3) is 0 Å². The molecule has 94 valence electrons. The van der Waals surface area contributed by atoms with Crippen molar-refractivity contribution in [3.8, 4) is 0 Å². The molecule has 0 saturated heterocycles. The fourth-order valence-electron chi connectivity index (χ4n) is 1.18. The van der Waals surface area contributed by atoms with Crippen molar-refractivity contribution in [3.63, 3.8) is 0 Å². The predicted molar refractivity (Wildman–Crippen MR) is 73.0 cm³/mol.